The van der Waals surface area contributed by atoms with E-state index in [1.54, 1.807) is 6.92 Å². The number of carbonyl (C=O) groups excluding carboxylic acids is 1. The molecule has 0 aliphatic rings. The maximum atomic E-state index is 13.5. The number of nitrogens with two attached hydrogens (primary N) is 1. The molecule has 0 aliphatic carbocycles. The van der Waals surface area contributed by atoms with Crippen molar-refractivity contribution in [1.29, 1.82) is 0 Å². The molecule has 1 unspecified atom stereocenters. The Hall–Kier alpha value is -1.49. The van der Waals surface area contributed by atoms with Crippen molar-refractivity contribution in [1.82, 2.24) is 0 Å². The summed E-state index contributed by atoms with van der Waals surface area (Å²) in [6.07, 6.45) is 0.381. The van der Waals surface area contributed by atoms with Gasteiger partial charge in [-0.05, 0) is 31.9 Å². The van der Waals surface area contributed by atoms with Crippen molar-refractivity contribution in [2.24, 2.45) is 5.73 Å². The normalized spacial score (nSPS) is 12.3. The highest BCUT2D eigenvalue weighted by molar-refractivity contribution is 5.69. The number of rotatable bonds is 5. The summed E-state index contributed by atoms with van der Waals surface area (Å²) in [7, 11) is 0. The SMILES string of the molecule is CCOC(=O)CCC(N)c1cc(C)c(F)cc1F. The van der Waals surface area contributed by atoms with E-state index < -0.39 is 17.7 Å². The van der Waals surface area contributed by atoms with Crippen LogP contribution in [0.2, 0.25) is 0 Å². The van der Waals surface area contributed by atoms with Gasteiger partial charge in [0.1, 0.15) is 11.6 Å². The zero-order valence-electron chi connectivity index (χ0n) is 10.5. The van der Waals surface area contributed by atoms with Crippen LogP contribution in [0.1, 0.15) is 36.9 Å². The molecule has 0 heterocycles. The van der Waals surface area contributed by atoms with Gasteiger partial charge in [0.15, 0.2) is 0 Å². The summed E-state index contributed by atoms with van der Waals surface area (Å²) in [4.78, 5) is 11.2. The highest BCUT2D eigenvalue weighted by Crippen LogP contribution is 2.22. The lowest BCUT2D eigenvalue weighted by atomic mass is 10.00. The van der Waals surface area contributed by atoms with Gasteiger partial charge < -0.3 is 10.5 Å². The molecule has 18 heavy (non-hydrogen) atoms. The second-order valence-electron chi connectivity index (χ2n) is 4.07. The third-order valence-corrected chi connectivity index (χ3v) is 2.64. The average molecular weight is 257 g/mol. The van der Waals surface area contributed by atoms with Crippen LogP contribution in [0.4, 0.5) is 8.78 Å². The summed E-state index contributed by atoms with van der Waals surface area (Å²) >= 11 is 0. The number of aryl methyl sites for hydroxylation is 1. The van der Waals surface area contributed by atoms with Gasteiger partial charge >= 0.3 is 5.97 Å². The van der Waals surface area contributed by atoms with Crippen LogP contribution in [0.25, 0.3) is 0 Å². The van der Waals surface area contributed by atoms with E-state index in [0.717, 1.165) is 6.07 Å². The summed E-state index contributed by atoms with van der Waals surface area (Å²) in [5, 5.41) is 0. The van der Waals surface area contributed by atoms with Crippen molar-refractivity contribution >= 4 is 5.97 Å². The van der Waals surface area contributed by atoms with Gasteiger partial charge in [-0.3, -0.25) is 4.79 Å². The second kappa shape index (κ2) is 6.44. The molecule has 0 amide bonds. The molecule has 1 aromatic carbocycles. The van der Waals surface area contributed by atoms with Gasteiger partial charge in [0.25, 0.3) is 0 Å². The van der Waals surface area contributed by atoms with Crippen molar-refractivity contribution in [3.8, 4) is 0 Å². The number of benzene rings is 1. The van der Waals surface area contributed by atoms with Gasteiger partial charge in [-0.1, -0.05) is 0 Å². The van der Waals surface area contributed by atoms with Gasteiger partial charge in [-0.25, -0.2) is 8.78 Å². The fourth-order valence-corrected chi connectivity index (χ4v) is 1.63. The Balaban J connectivity index is 2.69. The van der Waals surface area contributed by atoms with Crippen LogP contribution in [0.3, 0.4) is 0 Å². The van der Waals surface area contributed by atoms with Crippen molar-refractivity contribution < 1.29 is 18.3 Å². The van der Waals surface area contributed by atoms with E-state index in [1.165, 1.54) is 13.0 Å². The zero-order chi connectivity index (χ0) is 13.7. The fraction of sp³-hybridized carbons (Fsp3) is 0.462. The maximum Gasteiger partial charge on any atom is 0.305 e. The molecule has 0 saturated heterocycles. The lowest BCUT2D eigenvalue weighted by molar-refractivity contribution is -0.143. The Bertz CT molecular complexity index is 435. The van der Waals surface area contributed by atoms with Crippen LogP contribution in [-0.2, 0) is 9.53 Å². The number of hydrogen-bond acceptors (Lipinski definition) is 3. The molecule has 0 saturated carbocycles. The molecule has 2 N–H and O–H groups in total. The number of carbonyl (C=O) groups is 1. The summed E-state index contributed by atoms with van der Waals surface area (Å²) in [6.45, 7) is 3.55. The van der Waals surface area contributed by atoms with E-state index in [4.69, 9.17) is 10.5 Å². The Morgan fingerprint density at radius 1 is 1.39 bits per heavy atom. The lowest BCUT2D eigenvalue weighted by Crippen LogP contribution is -2.15. The van der Waals surface area contributed by atoms with Crippen LogP contribution in [0, 0.1) is 18.6 Å². The summed E-state index contributed by atoms with van der Waals surface area (Å²) in [5.41, 5.74) is 6.34. The summed E-state index contributed by atoms with van der Waals surface area (Å²) in [6, 6.07) is 1.55. The first-order valence-electron chi connectivity index (χ1n) is 5.82. The molecule has 0 bridgehead atoms. The van der Waals surface area contributed by atoms with E-state index in [9.17, 15) is 13.6 Å². The Morgan fingerprint density at radius 3 is 2.67 bits per heavy atom. The molecular formula is C13H17F2NO2. The summed E-state index contributed by atoms with van der Waals surface area (Å²) < 4.78 is 31.4. The fourth-order valence-electron chi connectivity index (χ4n) is 1.63. The number of hydrogen-bond donors (Lipinski definition) is 1. The quantitative estimate of drug-likeness (QED) is 0.825. The number of esters is 1. The van der Waals surface area contributed by atoms with Crippen molar-refractivity contribution in [2.45, 2.75) is 32.7 Å². The first-order chi connectivity index (χ1) is 8.45. The molecule has 0 radical (unpaired) electrons. The van der Waals surface area contributed by atoms with Crippen molar-refractivity contribution in [3.63, 3.8) is 0 Å². The van der Waals surface area contributed by atoms with Gasteiger partial charge in [-0.15, -0.1) is 0 Å². The number of ether oxygens (including phenoxy) is 1. The third-order valence-electron chi connectivity index (χ3n) is 2.64. The van der Waals surface area contributed by atoms with Gasteiger partial charge in [-0.2, -0.15) is 0 Å². The highest BCUT2D eigenvalue weighted by Gasteiger charge is 2.15. The van der Waals surface area contributed by atoms with Gasteiger partial charge in [0.05, 0.1) is 6.61 Å². The van der Waals surface area contributed by atoms with E-state index >= 15 is 0 Å². The Morgan fingerprint density at radius 2 is 2.06 bits per heavy atom. The smallest absolute Gasteiger partial charge is 0.305 e. The molecule has 0 spiro atoms. The minimum absolute atomic E-state index is 0.116. The third kappa shape index (κ3) is 3.77. The molecule has 0 fully saturated rings. The topological polar surface area (TPSA) is 52.3 Å². The maximum absolute atomic E-state index is 13.5. The molecule has 1 atom stereocenters. The lowest BCUT2D eigenvalue weighted by Gasteiger charge is -2.13. The predicted molar refractivity (Wildman–Crippen MR) is 63.9 cm³/mol. The standard InChI is InChI=1S/C13H17F2NO2/c1-3-18-13(17)5-4-12(16)9-6-8(2)10(14)7-11(9)15/h6-7,12H,3-5,16H2,1-2H3. The predicted octanol–water partition coefficient (Wildman–Crippen LogP) is 2.62. The van der Waals surface area contributed by atoms with Crippen LogP contribution in [0.15, 0.2) is 12.1 Å². The van der Waals surface area contributed by atoms with Crippen LogP contribution in [-0.4, -0.2) is 12.6 Å². The second-order valence-corrected chi connectivity index (χ2v) is 4.07. The van der Waals surface area contributed by atoms with Crippen molar-refractivity contribution in [3.05, 3.63) is 34.9 Å². The largest absolute Gasteiger partial charge is 0.466 e. The first kappa shape index (κ1) is 14.6. The molecule has 1 aromatic rings. The van der Waals surface area contributed by atoms with E-state index in [1.807, 2.05) is 0 Å². The number of halogens is 2. The molecule has 3 nitrogen and oxygen atoms in total. The van der Waals surface area contributed by atoms with Crippen LogP contribution in [0.5, 0.6) is 0 Å². The average Bonchev–Trinajstić information content (AvgIpc) is 2.31. The Kier molecular flexibility index (Phi) is 5.22. The highest BCUT2D eigenvalue weighted by atomic mass is 19.1. The van der Waals surface area contributed by atoms with Gasteiger partial charge in [0, 0.05) is 24.1 Å². The molecule has 100 valence electrons. The van der Waals surface area contributed by atoms with Crippen LogP contribution >= 0.6 is 0 Å². The van der Waals surface area contributed by atoms with E-state index in [0.29, 0.717) is 12.2 Å². The zero-order valence-corrected chi connectivity index (χ0v) is 10.5. The first-order valence-corrected chi connectivity index (χ1v) is 5.82. The molecule has 0 aromatic heterocycles. The van der Waals surface area contributed by atoms with Crippen LogP contribution < -0.4 is 5.73 Å². The van der Waals surface area contributed by atoms with Gasteiger partial charge in [0.2, 0.25) is 0 Å². The summed E-state index contributed by atoms with van der Waals surface area (Å²) in [5.74, 6) is -1.66. The van der Waals surface area contributed by atoms with E-state index in [-0.39, 0.29) is 24.4 Å². The molecule has 0 aliphatic heterocycles. The van der Waals surface area contributed by atoms with Crippen molar-refractivity contribution in [2.75, 3.05) is 6.61 Å². The minimum Gasteiger partial charge on any atom is -0.466 e. The molecule has 1 rings (SSSR count). The van der Waals surface area contributed by atoms with E-state index in [2.05, 4.69) is 0 Å². The molecular weight excluding hydrogens is 240 g/mol. The monoisotopic (exact) mass is 257 g/mol. The minimum atomic E-state index is -0.686. The Labute approximate surface area is 105 Å². The molecule has 5 heteroatoms.